The Morgan fingerprint density at radius 2 is 2.22 bits per heavy atom. The van der Waals surface area contributed by atoms with Crippen molar-refractivity contribution in [3.05, 3.63) is 10.4 Å². The quantitative estimate of drug-likeness (QED) is 0.464. The van der Waals surface area contributed by atoms with Crippen molar-refractivity contribution in [1.29, 1.82) is 0 Å². The van der Waals surface area contributed by atoms with Crippen LogP contribution in [0.15, 0.2) is 9.69 Å². The molecule has 1 aliphatic heterocycles. The summed E-state index contributed by atoms with van der Waals surface area (Å²) >= 11 is 4.13. The van der Waals surface area contributed by atoms with E-state index in [2.05, 4.69) is 27.9 Å². The number of H-pyrrole nitrogens is 1. The lowest BCUT2D eigenvalue weighted by Crippen LogP contribution is -2.34. The number of carbonyl (C=O) groups excluding carboxylic acids is 1. The molecule has 0 spiro atoms. The van der Waals surface area contributed by atoms with Gasteiger partial charge in [0.05, 0.1) is 6.10 Å². The highest BCUT2D eigenvalue weighted by atomic mass is 32.1. The average molecular weight is 340 g/mol. The molecule has 0 amide bonds. The van der Waals surface area contributed by atoms with E-state index in [1.165, 1.54) is 6.92 Å². The van der Waals surface area contributed by atoms with E-state index in [1.807, 2.05) is 0 Å². The molecule has 0 aromatic carbocycles. The second-order valence-corrected chi connectivity index (χ2v) is 6.39. The van der Waals surface area contributed by atoms with Crippen LogP contribution in [-0.4, -0.2) is 34.4 Å². The van der Waals surface area contributed by atoms with Crippen LogP contribution in [0.4, 0.5) is 11.8 Å². The largest absolute Gasteiger partial charge is 0.459 e. The molecule has 0 radical (unpaired) electrons. The molecule has 3 rings (SSSR count). The zero-order valence-electron chi connectivity index (χ0n) is 12.7. The standard InChI is InChI=1S/C14H20N4O4S/c1-6(19)21-10(7-2-3-7)8-4-5-9(22-8)16-12-11(23)13(20)18-14(15)17-12/h7-10,23H,2-5H2,1H3,(H4,15,16,17,18,20). The van der Waals surface area contributed by atoms with E-state index in [4.69, 9.17) is 15.2 Å². The molecule has 1 aromatic rings. The number of hydrogen-bond donors (Lipinski definition) is 4. The van der Waals surface area contributed by atoms with Crippen LogP contribution in [-0.2, 0) is 14.3 Å². The van der Waals surface area contributed by atoms with Gasteiger partial charge in [0.1, 0.15) is 17.2 Å². The summed E-state index contributed by atoms with van der Waals surface area (Å²) in [5.41, 5.74) is 5.13. The van der Waals surface area contributed by atoms with Gasteiger partial charge in [0, 0.05) is 6.92 Å². The number of rotatable bonds is 5. The molecule has 2 heterocycles. The van der Waals surface area contributed by atoms with E-state index in [-0.39, 0.29) is 41.1 Å². The Morgan fingerprint density at radius 3 is 2.87 bits per heavy atom. The Bertz CT molecular complexity index is 661. The van der Waals surface area contributed by atoms with Crippen LogP contribution in [0.3, 0.4) is 0 Å². The number of esters is 1. The van der Waals surface area contributed by atoms with Gasteiger partial charge in [0.2, 0.25) is 5.95 Å². The summed E-state index contributed by atoms with van der Waals surface area (Å²) in [6.45, 7) is 1.41. The van der Waals surface area contributed by atoms with Crippen LogP contribution >= 0.6 is 12.6 Å². The molecule has 1 saturated carbocycles. The number of nitrogens with zero attached hydrogens (tertiary/aromatic N) is 1. The van der Waals surface area contributed by atoms with Gasteiger partial charge in [-0.05, 0) is 31.6 Å². The highest BCUT2D eigenvalue weighted by molar-refractivity contribution is 7.80. The molecule has 9 heteroatoms. The summed E-state index contributed by atoms with van der Waals surface area (Å²) in [7, 11) is 0. The van der Waals surface area contributed by atoms with Crippen LogP contribution in [0, 0.1) is 5.92 Å². The van der Waals surface area contributed by atoms with Crippen molar-refractivity contribution in [1.82, 2.24) is 9.97 Å². The maximum absolute atomic E-state index is 11.6. The molecule has 3 atom stereocenters. The molecule has 1 aliphatic carbocycles. The predicted octanol–water partition coefficient (Wildman–Crippen LogP) is 0.899. The molecule has 2 aliphatic rings. The van der Waals surface area contributed by atoms with Crippen LogP contribution in [0.25, 0.3) is 0 Å². The molecular formula is C14H20N4O4S. The molecule has 1 aromatic heterocycles. The first-order chi connectivity index (χ1) is 10.9. The number of carbonyl (C=O) groups is 1. The van der Waals surface area contributed by atoms with Crippen molar-refractivity contribution in [3.63, 3.8) is 0 Å². The van der Waals surface area contributed by atoms with E-state index in [0.717, 1.165) is 25.7 Å². The van der Waals surface area contributed by atoms with Crippen molar-refractivity contribution >= 4 is 30.4 Å². The fraction of sp³-hybridized carbons (Fsp3) is 0.643. The monoisotopic (exact) mass is 340 g/mol. The van der Waals surface area contributed by atoms with Gasteiger partial charge >= 0.3 is 5.97 Å². The number of ether oxygens (including phenoxy) is 2. The topological polar surface area (TPSA) is 119 Å². The van der Waals surface area contributed by atoms with Gasteiger partial charge in [-0.1, -0.05) is 0 Å². The number of nitrogens with two attached hydrogens (primary N) is 1. The zero-order valence-corrected chi connectivity index (χ0v) is 13.6. The maximum atomic E-state index is 11.6. The van der Waals surface area contributed by atoms with E-state index in [9.17, 15) is 9.59 Å². The van der Waals surface area contributed by atoms with Gasteiger partial charge in [0.25, 0.3) is 5.56 Å². The molecule has 126 valence electrons. The molecular weight excluding hydrogens is 320 g/mol. The Morgan fingerprint density at radius 1 is 1.48 bits per heavy atom. The minimum atomic E-state index is -0.409. The van der Waals surface area contributed by atoms with Gasteiger partial charge in [-0.15, -0.1) is 12.6 Å². The van der Waals surface area contributed by atoms with Crippen molar-refractivity contribution in [2.24, 2.45) is 5.92 Å². The third kappa shape index (κ3) is 3.78. The molecule has 8 nitrogen and oxygen atoms in total. The summed E-state index contributed by atoms with van der Waals surface area (Å²) < 4.78 is 11.4. The summed E-state index contributed by atoms with van der Waals surface area (Å²) in [5.74, 6) is 0.399. The highest BCUT2D eigenvalue weighted by Crippen LogP contribution is 2.40. The van der Waals surface area contributed by atoms with Gasteiger partial charge in [-0.2, -0.15) is 4.98 Å². The number of aromatic amines is 1. The number of aromatic nitrogens is 2. The lowest BCUT2D eigenvalue weighted by atomic mass is 10.1. The van der Waals surface area contributed by atoms with Crippen LogP contribution in [0.1, 0.15) is 32.6 Å². The molecule has 1 saturated heterocycles. The predicted molar refractivity (Wildman–Crippen MR) is 86.3 cm³/mol. The van der Waals surface area contributed by atoms with Crippen LogP contribution in [0.5, 0.6) is 0 Å². The third-order valence-electron chi connectivity index (χ3n) is 4.02. The summed E-state index contributed by atoms with van der Waals surface area (Å²) in [6, 6.07) is 0. The normalized spacial score (nSPS) is 25.1. The summed E-state index contributed by atoms with van der Waals surface area (Å²) in [6.07, 6.45) is 2.93. The van der Waals surface area contributed by atoms with E-state index >= 15 is 0 Å². The van der Waals surface area contributed by atoms with Crippen LogP contribution < -0.4 is 16.6 Å². The second kappa shape index (κ2) is 6.40. The van der Waals surface area contributed by atoms with Gasteiger partial charge in [0.15, 0.2) is 5.82 Å². The Kier molecular flexibility index (Phi) is 4.49. The molecule has 0 bridgehead atoms. The van der Waals surface area contributed by atoms with Crippen molar-refractivity contribution in [3.8, 4) is 0 Å². The Balaban J connectivity index is 1.66. The first-order valence-corrected chi connectivity index (χ1v) is 8.06. The number of anilines is 2. The first-order valence-electron chi connectivity index (χ1n) is 7.62. The minimum Gasteiger partial charge on any atom is -0.459 e. The van der Waals surface area contributed by atoms with E-state index in [0.29, 0.717) is 5.92 Å². The van der Waals surface area contributed by atoms with E-state index in [1.54, 1.807) is 0 Å². The number of thiol groups is 1. The van der Waals surface area contributed by atoms with E-state index < -0.39 is 5.56 Å². The van der Waals surface area contributed by atoms with Crippen molar-refractivity contribution in [2.75, 3.05) is 11.1 Å². The maximum Gasteiger partial charge on any atom is 0.303 e. The number of nitrogen functional groups attached to an aromatic ring is 1. The number of hydrogen-bond acceptors (Lipinski definition) is 8. The third-order valence-corrected chi connectivity index (χ3v) is 4.43. The lowest BCUT2D eigenvalue weighted by molar-refractivity contribution is -0.155. The van der Waals surface area contributed by atoms with Gasteiger partial charge in [-0.3, -0.25) is 14.6 Å². The smallest absolute Gasteiger partial charge is 0.303 e. The first kappa shape index (κ1) is 16.1. The minimum absolute atomic E-state index is 0.0145. The highest BCUT2D eigenvalue weighted by Gasteiger charge is 2.43. The Hall–Kier alpha value is -1.74. The lowest BCUT2D eigenvalue weighted by Gasteiger charge is -2.24. The van der Waals surface area contributed by atoms with Crippen molar-refractivity contribution in [2.45, 2.75) is 55.9 Å². The molecule has 2 fully saturated rings. The average Bonchev–Trinajstić information content (AvgIpc) is 3.21. The Labute approximate surface area is 138 Å². The van der Waals surface area contributed by atoms with Gasteiger partial charge < -0.3 is 20.5 Å². The van der Waals surface area contributed by atoms with Gasteiger partial charge in [-0.25, -0.2) is 0 Å². The second-order valence-electron chi connectivity index (χ2n) is 5.94. The molecule has 23 heavy (non-hydrogen) atoms. The van der Waals surface area contributed by atoms with Crippen LogP contribution in [0.2, 0.25) is 0 Å². The zero-order chi connectivity index (χ0) is 16.6. The molecule has 4 N–H and O–H groups in total. The van der Waals surface area contributed by atoms with Crippen molar-refractivity contribution < 1.29 is 14.3 Å². The SMILES string of the molecule is CC(=O)OC(C1CC1)C1CCC(Nc2nc(N)[nH]c(=O)c2S)O1. The summed E-state index contributed by atoms with van der Waals surface area (Å²) in [4.78, 5) is 29.5. The fourth-order valence-electron chi connectivity index (χ4n) is 2.84. The fourth-order valence-corrected chi connectivity index (χ4v) is 3.01. The molecule has 3 unspecified atom stereocenters. The number of nitrogens with one attached hydrogen (secondary N) is 2. The summed E-state index contributed by atoms with van der Waals surface area (Å²) in [5, 5.41) is 3.04.